The number of halogens is 1. The maximum atomic E-state index is 12.9. The Morgan fingerprint density at radius 1 is 1.28 bits per heavy atom. The average Bonchev–Trinajstić information content (AvgIpc) is 2.63. The van der Waals surface area contributed by atoms with Crippen LogP contribution < -0.4 is 5.73 Å². The third kappa shape index (κ3) is 2.88. The first-order valence-electron chi connectivity index (χ1n) is 6.49. The zero-order chi connectivity index (χ0) is 13.0. The van der Waals surface area contributed by atoms with Gasteiger partial charge in [0.05, 0.1) is 0 Å². The van der Waals surface area contributed by atoms with Gasteiger partial charge < -0.3 is 10.6 Å². The lowest BCUT2D eigenvalue weighted by Gasteiger charge is -2.29. The van der Waals surface area contributed by atoms with Gasteiger partial charge in [-0.05, 0) is 37.1 Å². The molecule has 1 amide bonds. The second-order valence-electron chi connectivity index (χ2n) is 4.74. The summed E-state index contributed by atoms with van der Waals surface area (Å²) in [6.45, 7) is 1.24. The second kappa shape index (κ2) is 5.96. The Morgan fingerprint density at radius 2 is 2.00 bits per heavy atom. The van der Waals surface area contributed by atoms with Gasteiger partial charge in [-0.15, -0.1) is 0 Å². The number of nitrogens with zero attached hydrogens (tertiary/aromatic N) is 1. The Morgan fingerprint density at radius 3 is 2.67 bits per heavy atom. The van der Waals surface area contributed by atoms with E-state index in [9.17, 15) is 9.18 Å². The molecule has 0 spiro atoms. The van der Waals surface area contributed by atoms with Crippen LogP contribution in [-0.4, -0.2) is 29.9 Å². The molecule has 1 aliphatic heterocycles. The van der Waals surface area contributed by atoms with Crippen molar-refractivity contribution in [2.45, 2.75) is 31.7 Å². The van der Waals surface area contributed by atoms with E-state index in [1.807, 2.05) is 4.90 Å². The number of carbonyl (C=O) groups excluding carboxylic acids is 1. The van der Waals surface area contributed by atoms with Crippen molar-refractivity contribution in [2.75, 3.05) is 13.1 Å². The summed E-state index contributed by atoms with van der Waals surface area (Å²) in [5.41, 5.74) is 6.29. The molecule has 98 valence electrons. The van der Waals surface area contributed by atoms with E-state index in [1.54, 1.807) is 0 Å². The van der Waals surface area contributed by atoms with Crippen molar-refractivity contribution in [3.05, 3.63) is 35.6 Å². The molecular weight excluding hydrogens is 231 g/mol. The van der Waals surface area contributed by atoms with Gasteiger partial charge in [-0.1, -0.05) is 12.8 Å². The standard InChI is InChI=1S/C14H19FN2O/c15-12-7-5-11(6-8-12)14(18)17-9-3-1-2-4-13(17)10-16/h5-8,13H,1-4,9-10,16H2. The topological polar surface area (TPSA) is 46.3 Å². The number of hydrogen-bond donors (Lipinski definition) is 1. The second-order valence-corrected chi connectivity index (χ2v) is 4.74. The number of amides is 1. The molecule has 18 heavy (non-hydrogen) atoms. The molecule has 1 aliphatic rings. The molecule has 2 N–H and O–H groups in total. The molecule has 0 aromatic heterocycles. The van der Waals surface area contributed by atoms with Crippen molar-refractivity contribution in [3.8, 4) is 0 Å². The molecule has 4 heteroatoms. The molecule has 1 saturated heterocycles. The van der Waals surface area contributed by atoms with Crippen LogP contribution in [0.25, 0.3) is 0 Å². The van der Waals surface area contributed by atoms with Crippen molar-refractivity contribution < 1.29 is 9.18 Å². The molecule has 1 unspecified atom stereocenters. The minimum absolute atomic E-state index is 0.0349. The third-order valence-corrected chi connectivity index (χ3v) is 3.50. The van der Waals surface area contributed by atoms with Crippen LogP contribution in [0, 0.1) is 5.82 Å². The molecule has 1 heterocycles. The Hall–Kier alpha value is -1.42. The van der Waals surface area contributed by atoms with E-state index in [0.717, 1.165) is 32.2 Å². The van der Waals surface area contributed by atoms with Crippen LogP contribution in [0.3, 0.4) is 0 Å². The average molecular weight is 250 g/mol. The molecule has 0 aliphatic carbocycles. The van der Waals surface area contributed by atoms with E-state index >= 15 is 0 Å². The number of rotatable bonds is 2. The summed E-state index contributed by atoms with van der Waals surface area (Å²) in [6.07, 6.45) is 4.24. The van der Waals surface area contributed by atoms with Gasteiger partial charge in [0, 0.05) is 24.7 Å². The predicted molar refractivity (Wildman–Crippen MR) is 68.7 cm³/mol. The Labute approximate surface area is 107 Å². The van der Waals surface area contributed by atoms with Gasteiger partial charge in [0.15, 0.2) is 0 Å². The normalized spacial score (nSPS) is 20.6. The summed E-state index contributed by atoms with van der Waals surface area (Å²) < 4.78 is 12.9. The fourth-order valence-corrected chi connectivity index (χ4v) is 2.45. The highest BCUT2D eigenvalue weighted by Crippen LogP contribution is 2.18. The van der Waals surface area contributed by atoms with Crippen LogP contribution in [0.4, 0.5) is 4.39 Å². The smallest absolute Gasteiger partial charge is 0.254 e. The molecule has 0 radical (unpaired) electrons. The summed E-state index contributed by atoms with van der Waals surface area (Å²) in [7, 11) is 0. The van der Waals surface area contributed by atoms with Crippen LogP contribution in [0.5, 0.6) is 0 Å². The summed E-state index contributed by atoms with van der Waals surface area (Å²) in [5, 5.41) is 0. The first-order chi connectivity index (χ1) is 8.72. The quantitative estimate of drug-likeness (QED) is 0.874. The van der Waals surface area contributed by atoms with Crippen LogP contribution in [0.2, 0.25) is 0 Å². The Balaban J connectivity index is 2.17. The minimum Gasteiger partial charge on any atom is -0.334 e. The summed E-state index contributed by atoms with van der Waals surface area (Å²) in [5.74, 6) is -0.356. The zero-order valence-corrected chi connectivity index (χ0v) is 10.4. The molecular formula is C14H19FN2O. The van der Waals surface area contributed by atoms with E-state index in [2.05, 4.69) is 0 Å². The van der Waals surface area contributed by atoms with E-state index < -0.39 is 0 Å². The molecule has 2 rings (SSSR count). The molecule has 0 bridgehead atoms. The lowest BCUT2D eigenvalue weighted by Crippen LogP contribution is -2.44. The highest BCUT2D eigenvalue weighted by atomic mass is 19.1. The first-order valence-corrected chi connectivity index (χ1v) is 6.49. The van der Waals surface area contributed by atoms with E-state index in [4.69, 9.17) is 5.73 Å². The van der Waals surface area contributed by atoms with Gasteiger partial charge in [-0.2, -0.15) is 0 Å². The van der Waals surface area contributed by atoms with Gasteiger partial charge >= 0.3 is 0 Å². The highest BCUT2D eigenvalue weighted by Gasteiger charge is 2.25. The molecule has 0 saturated carbocycles. The summed E-state index contributed by atoms with van der Waals surface area (Å²) in [6, 6.07) is 5.84. The predicted octanol–water partition coefficient (Wildman–Crippen LogP) is 2.17. The number of benzene rings is 1. The van der Waals surface area contributed by atoms with Gasteiger partial charge in [0.2, 0.25) is 0 Å². The molecule has 1 fully saturated rings. The number of likely N-dealkylation sites (tertiary alicyclic amines) is 1. The summed E-state index contributed by atoms with van der Waals surface area (Å²) in [4.78, 5) is 14.2. The zero-order valence-electron chi connectivity index (χ0n) is 10.4. The maximum absolute atomic E-state index is 12.9. The number of hydrogen-bond acceptors (Lipinski definition) is 2. The van der Waals surface area contributed by atoms with Gasteiger partial charge in [-0.3, -0.25) is 4.79 Å². The van der Waals surface area contributed by atoms with Crippen molar-refractivity contribution in [3.63, 3.8) is 0 Å². The van der Waals surface area contributed by atoms with Crippen LogP contribution in [-0.2, 0) is 0 Å². The van der Waals surface area contributed by atoms with Crippen molar-refractivity contribution >= 4 is 5.91 Å². The molecule has 1 aromatic rings. The van der Waals surface area contributed by atoms with E-state index in [1.165, 1.54) is 24.3 Å². The number of nitrogens with two attached hydrogens (primary N) is 1. The molecule has 1 atom stereocenters. The monoisotopic (exact) mass is 250 g/mol. The third-order valence-electron chi connectivity index (χ3n) is 3.50. The lowest BCUT2D eigenvalue weighted by atomic mass is 10.1. The van der Waals surface area contributed by atoms with Crippen molar-refractivity contribution in [1.82, 2.24) is 4.90 Å². The van der Waals surface area contributed by atoms with Crippen molar-refractivity contribution in [1.29, 1.82) is 0 Å². The van der Waals surface area contributed by atoms with Crippen molar-refractivity contribution in [2.24, 2.45) is 5.73 Å². The fourth-order valence-electron chi connectivity index (χ4n) is 2.45. The van der Waals surface area contributed by atoms with Gasteiger partial charge in [-0.25, -0.2) is 4.39 Å². The lowest BCUT2D eigenvalue weighted by molar-refractivity contribution is 0.0689. The highest BCUT2D eigenvalue weighted by molar-refractivity contribution is 5.94. The number of carbonyl (C=O) groups is 1. The van der Waals surface area contributed by atoms with E-state index in [-0.39, 0.29) is 17.8 Å². The summed E-state index contributed by atoms with van der Waals surface area (Å²) >= 11 is 0. The van der Waals surface area contributed by atoms with Gasteiger partial charge in [0.1, 0.15) is 5.82 Å². The minimum atomic E-state index is -0.321. The maximum Gasteiger partial charge on any atom is 0.254 e. The molecule has 3 nitrogen and oxygen atoms in total. The van der Waals surface area contributed by atoms with E-state index in [0.29, 0.717) is 12.1 Å². The Bertz CT molecular complexity index is 405. The first kappa shape index (κ1) is 13.0. The van der Waals surface area contributed by atoms with Gasteiger partial charge in [0.25, 0.3) is 5.91 Å². The fraction of sp³-hybridized carbons (Fsp3) is 0.500. The largest absolute Gasteiger partial charge is 0.334 e. The Kier molecular flexibility index (Phi) is 4.31. The van der Waals surface area contributed by atoms with Crippen LogP contribution in [0.15, 0.2) is 24.3 Å². The molecule has 1 aromatic carbocycles. The SMILES string of the molecule is NCC1CCCCCN1C(=O)c1ccc(F)cc1. The van der Waals surface area contributed by atoms with Crippen LogP contribution >= 0.6 is 0 Å². The van der Waals surface area contributed by atoms with Crippen LogP contribution in [0.1, 0.15) is 36.0 Å².